The summed E-state index contributed by atoms with van der Waals surface area (Å²) in [4.78, 5) is 4.04. The largest absolute Gasteiger partial charge is 0.392 e. The standard InChI is InChI=1S/C15H25N3O/c1-15(2,3)14(19)9-13(18-11-16-10-17-18)12-7-5-4-6-8-12/h10-11,14,19H,4-9H2,1-3H3. The van der Waals surface area contributed by atoms with Gasteiger partial charge < -0.3 is 5.11 Å². The average Bonchev–Trinajstić information content (AvgIpc) is 2.89. The van der Waals surface area contributed by atoms with Crippen LogP contribution in [0.2, 0.25) is 0 Å². The number of rotatable bonds is 3. The molecule has 4 heteroatoms. The van der Waals surface area contributed by atoms with Crippen LogP contribution in [-0.2, 0) is 0 Å². The Labute approximate surface area is 115 Å². The number of nitrogens with zero attached hydrogens (tertiary/aromatic N) is 3. The molecule has 0 aliphatic heterocycles. The van der Waals surface area contributed by atoms with Crippen molar-refractivity contribution in [3.8, 4) is 0 Å². The lowest BCUT2D eigenvalue weighted by Crippen LogP contribution is -2.27. The predicted octanol–water partition coefficient (Wildman–Crippen LogP) is 3.25. The van der Waals surface area contributed by atoms with Crippen molar-refractivity contribution in [2.24, 2.45) is 5.41 Å². The first kappa shape index (κ1) is 14.3. The summed E-state index contributed by atoms with van der Waals surface area (Å²) in [6.07, 6.45) is 9.68. The molecule has 0 spiro atoms. The van der Waals surface area contributed by atoms with Gasteiger partial charge in [0.1, 0.15) is 12.7 Å². The molecule has 1 aromatic heterocycles. The number of aliphatic hydroxyl groups is 1. The lowest BCUT2D eigenvalue weighted by atomic mass is 9.84. The van der Waals surface area contributed by atoms with E-state index in [1.165, 1.54) is 24.8 Å². The minimum Gasteiger partial charge on any atom is -0.392 e. The molecule has 1 atom stereocenters. The number of aromatic nitrogens is 3. The predicted molar refractivity (Wildman–Crippen MR) is 76.4 cm³/mol. The van der Waals surface area contributed by atoms with Crippen molar-refractivity contribution in [3.63, 3.8) is 0 Å². The zero-order chi connectivity index (χ0) is 13.9. The molecule has 1 N–H and O–H groups in total. The molecule has 19 heavy (non-hydrogen) atoms. The zero-order valence-electron chi connectivity index (χ0n) is 12.3. The SMILES string of the molecule is CC(C)(C)C(O)CC(=C1CCCCC1)n1cncn1. The molecule has 4 nitrogen and oxygen atoms in total. The van der Waals surface area contributed by atoms with E-state index in [9.17, 15) is 5.11 Å². The van der Waals surface area contributed by atoms with E-state index in [1.807, 2.05) is 4.68 Å². The maximum atomic E-state index is 10.4. The molecule has 0 radical (unpaired) electrons. The van der Waals surface area contributed by atoms with Crippen LogP contribution in [0.15, 0.2) is 18.2 Å². The summed E-state index contributed by atoms with van der Waals surface area (Å²) in [5.74, 6) is 0. The van der Waals surface area contributed by atoms with Crippen molar-refractivity contribution >= 4 is 5.70 Å². The second-order valence-corrected chi connectivity index (χ2v) is 6.54. The van der Waals surface area contributed by atoms with Gasteiger partial charge in [-0.3, -0.25) is 0 Å². The van der Waals surface area contributed by atoms with Gasteiger partial charge in [0.05, 0.1) is 6.10 Å². The summed E-state index contributed by atoms with van der Waals surface area (Å²) in [5, 5.41) is 14.7. The van der Waals surface area contributed by atoms with Crippen LogP contribution in [0.25, 0.3) is 5.70 Å². The molecular weight excluding hydrogens is 238 g/mol. The van der Waals surface area contributed by atoms with Crippen LogP contribution in [0.1, 0.15) is 59.3 Å². The van der Waals surface area contributed by atoms with Gasteiger partial charge in [-0.15, -0.1) is 0 Å². The first-order valence-corrected chi connectivity index (χ1v) is 7.22. The zero-order valence-corrected chi connectivity index (χ0v) is 12.3. The molecule has 0 bridgehead atoms. The summed E-state index contributed by atoms with van der Waals surface area (Å²) in [6.45, 7) is 6.21. The van der Waals surface area contributed by atoms with Crippen molar-refractivity contribution in [1.29, 1.82) is 0 Å². The highest BCUT2D eigenvalue weighted by Crippen LogP contribution is 2.32. The number of hydrogen-bond donors (Lipinski definition) is 1. The Balaban J connectivity index is 2.25. The van der Waals surface area contributed by atoms with Crippen molar-refractivity contribution < 1.29 is 5.11 Å². The van der Waals surface area contributed by atoms with E-state index in [0.29, 0.717) is 6.42 Å². The molecule has 1 aromatic rings. The molecule has 1 aliphatic rings. The lowest BCUT2D eigenvalue weighted by molar-refractivity contribution is 0.0664. The molecule has 1 fully saturated rings. The second kappa shape index (κ2) is 5.87. The van der Waals surface area contributed by atoms with Crippen LogP contribution in [-0.4, -0.2) is 26.0 Å². The Morgan fingerprint density at radius 2 is 2.00 bits per heavy atom. The fraction of sp³-hybridized carbons (Fsp3) is 0.733. The van der Waals surface area contributed by atoms with Gasteiger partial charge in [0.2, 0.25) is 0 Å². The fourth-order valence-corrected chi connectivity index (χ4v) is 2.50. The summed E-state index contributed by atoms with van der Waals surface area (Å²) in [7, 11) is 0. The number of allylic oxidation sites excluding steroid dienone is 1. The summed E-state index contributed by atoms with van der Waals surface area (Å²) in [6, 6.07) is 0. The van der Waals surface area contributed by atoms with Crippen LogP contribution in [0, 0.1) is 5.41 Å². The fourth-order valence-electron chi connectivity index (χ4n) is 2.50. The van der Waals surface area contributed by atoms with Crippen LogP contribution >= 0.6 is 0 Å². The minimum atomic E-state index is -0.360. The third-order valence-corrected chi connectivity index (χ3v) is 3.95. The lowest BCUT2D eigenvalue weighted by Gasteiger charge is -2.28. The highest BCUT2D eigenvalue weighted by molar-refractivity contribution is 5.50. The Morgan fingerprint density at radius 1 is 1.32 bits per heavy atom. The second-order valence-electron chi connectivity index (χ2n) is 6.54. The smallest absolute Gasteiger partial charge is 0.138 e. The van der Waals surface area contributed by atoms with Crippen molar-refractivity contribution in [2.75, 3.05) is 0 Å². The van der Waals surface area contributed by atoms with Gasteiger partial charge in [0, 0.05) is 12.1 Å². The van der Waals surface area contributed by atoms with E-state index in [2.05, 4.69) is 30.9 Å². The summed E-state index contributed by atoms with van der Waals surface area (Å²) in [5.41, 5.74) is 2.49. The van der Waals surface area contributed by atoms with Crippen LogP contribution < -0.4 is 0 Å². The van der Waals surface area contributed by atoms with Gasteiger partial charge in [-0.1, -0.05) is 27.2 Å². The van der Waals surface area contributed by atoms with E-state index in [-0.39, 0.29) is 11.5 Å². The van der Waals surface area contributed by atoms with Crippen molar-refractivity contribution in [3.05, 3.63) is 18.2 Å². The van der Waals surface area contributed by atoms with E-state index < -0.39 is 0 Å². The topological polar surface area (TPSA) is 50.9 Å². The van der Waals surface area contributed by atoms with Gasteiger partial charge >= 0.3 is 0 Å². The van der Waals surface area contributed by atoms with Gasteiger partial charge in [-0.05, 0) is 36.7 Å². The van der Waals surface area contributed by atoms with Crippen LogP contribution in [0.3, 0.4) is 0 Å². The summed E-state index contributed by atoms with van der Waals surface area (Å²) >= 11 is 0. The number of hydrogen-bond acceptors (Lipinski definition) is 3. The normalized spacial score (nSPS) is 18.4. The van der Waals surface area contributed by atoms with Crippen LogP contribution in [0.4, 0.5) is 0 Å². The molecule has 1 heterocycles. The third-order valence-electron chi connectivity index (χ3n) is 3.95. The number of aliphatic hydroxyl groups excluding tert-OH is 1. The molecule has 1 aliphatic carbocycles. The highest BCUT2D eigenvalue weighted by atomic mass is 16.3. The Hall–Kier alpha value is -1.16. The van der Waals surface area contributed by atoms with Gasteiger partial charge in [-0.2, -0.15) is 5.10 Å². The third kappa shape index (κ3) is 3.66. The molecule has 1 saturated carbocycles. The van der Waals surface area contributed by atoms with E-state index in [0.717, 1.165) is 18.5 Å². The first-order valence-electron chi connectivity index (χ1n) is 7.22. The molecule has 106 valence electrons. The first-order chi connectivity index (χ1) is 8.98. The van der Waals surface area contributed by atoms with Gasteiger partial charge in [0.25, 0.3) is 0 Å². The average molecular weight is 263 g/mol. The minimum absolute atomic E-state index is 0.110. The Kier molecular flexibility index (Phi) is 4.40. The van der Waals surface area contributed by atoms with Gasteiger partial charge in [0.15, 0.2) is 0 Å². The maximum absolute atomic E-state index is 10.4. The molecule has 1 unspecified atom stereocenters. The monoisotopic (exact) mass is 263 g/mol. The highest BCUT2D eigenvalue weighted by Gasteiger charge is 2.25. The maximum Gasteiger partial charge on any atom is 0.138 e. The summed E-state index contributed by atoms with van der Waals surface area (Å²) < 4.78 is 1.84. The molecule has 2 rings (SSSR count). The molecule has 0 saturated heterocycles. The van der Waals surface area contributed by atoms with Gasteiger partial charge in [-0.25, -0.2) is 9.67 Å². The molecular formula is C15H25N3O. The van der Waals surface area contributed by atoms with Crippen LogP contribution in [0.5, 0.6) is 0 Å². The quantitative estimate of drug-likeness (QED) is 0.910. The Bertz CT molecular complexity index is 421. The molecule has 0 amide bonds. The van der Waals surface area contributed by atoms with E-state index in [4.69, 9.17) is 0 Å². The van der Waals surface area contributed by atoms with Crippen molar-refractivity contribution in [1.82, 2.24) is 14.8 Å². The Morgan fingerprint density at radius 3 is 2.53 bits per heavy atom. The van der Waals surface area contributed by atoms with E-state index >= 15 is 0 Å². The molecule has 0 aromatic carbocycles. The van der Waals surface area contributed by atoms with Crippen molar-refractivity contribution in [2.45, 2.75) is 65.4 Å². The van der Waals surface area contributed by atoms with E-state index in [1.54, 1.807) is 12.7 Å².